The third-order valence-corrected chi connectivity index (χ3v) is 9.66. The molecule has 1 aliphatic rings. The highest BCUT2D eigenvalue weighted by Crippen LogP contribution is 2.45. The largest absolute Gasteiger partial charge is 0.549 e. The van der Waals surface area contributed by atoms with Gasteiger partial charge in [-0.3, -0.25) is 0 Å². The molecular weight excluding hydrogens is 296 g/mol. The third-order valence-electron chi connectivity index (χ3n) is 5.32. The fourth-order valence-corrected chi connectivity index (χ4v) is 3.64. The van der Waals surface area contributed by atoms with Crippen LogP contribution in [0.5, 0.6) is 0 Å². The summed E-state index contributed by atoms with van der Waals surface area (Å²) in [4.78, 5) is 0. The van der Waals surface area contributed by atoms with E-state index in [1.54, 1.807) is 0 Å². The first-order valence-electron chi connectivity index (χ1n) is 8.34. The van der Waals surface area contributed by atoms with Gasteiger partial charge in [0.25, 0.3) is 0 Å². The topological polar surface area (TPSA) is 9.23 Å². The smallest absolute Gasteiger partial charge is 0.249 e. The summed E-state index contributed by atoms with van der Waals surface area (Å²) in [5.41, 5.74) is 5.46. The molecule has 0 aromatic heterocycles. The van der Waals surface area contributed by atoms with E-state index in [2.05, 4.69) is 88.5 Å². The molecule has 0 fully saturated rings. The normalized spacial score (nSPS) is 14.8. The Morgan fingerprint density at radius 1 is 0.870 bits per heavy atom. The van der Waals surface area contributed by atoms with Crippen molar-refractivity contribution in [1.29, 1.82) is 0 Å². The summed E-state index contributed by atoms with van der Waals surface area (Å²) >= 11 is 0. The molecule has 0 N–H and O–H groups in total. The molecule has 0 atom stereocenters. The average Bonchev–Trinajstić information content (AvgIpc) is 2.81. The van der Waals surface area contributed by atoms with E-state index in [9.17, 15) is 0 Å². The van der Waals surface area contributed by atoms with Crippen LogP contribution >= 0.6 is 0 Å². The Morgan fingerprint density at radius 3 is 1.83 bits per heavy atom. The van der Waals surface area contributed by atoms with Crippen molar-refractivity contribution in [2.45, 2.75) is 44.8 Å². The summed E-state index contributed by atoms with van der Waals surface area (Å²) in [6.07, 6.45) is 4.19. The van der Waals surface area contributed by atoms with Gasteiger partial charge in [0.05, 0.1) is 6.26 Å². The first-order chi connectivity index (χ1) is 10.8. The van der Waals surface area contributed by atoms with Gasteiger partial charge in [0.2, 0.25) is 8.32 Å². The van der Waals surface area contributed by atoms with E-state index in [1.807, 2.05) is 6.26 Å². The minimum Gasteiger partial charge on any atom is -0.549 e. The summed E-state index contributed by atoms with van der Waals surface area (Å²) < 4.78 is 6.24. The van der Waals surface area contributed by atoms with Gasteiger partial charge in [-0.25, -0.2) is 0 Å². The van der Waals surface area contributed by atoms with Crippen LogP contribution in [0.25, 0.3) is 11.1 Å². The maximum absolute atomic E-state index is 6.24. The van der Waals surface area contributed by atoms with Gasteiger partial charge < -0.3 is 4.43 Å². The Bertz CT molecular complexity index is 692. The van der Waals surface area contributed by atoms with Gasteiger partial charge in [-0.05, 0) is 46.5 Å². The van der Waals surface area contributed by atoms with E-state index in [0.29, 0.717) is 5.92 Å². The first kappa shape index (κ1) is 16.1. The molecule has 2 heteroatoms. The predicted octanol–water partition coefficient (Wildman–Crippen LogP) is 6.33. The summed E-state index contributed by atoms with van der Waals surface area (Å²) in [5, 5.41) is 0.225. The molecule has 0 heterocycles. The van der Waals surface area contributed by atoms with Crippen LogP contribution in [0.1, 0.15) is 37.8 Å². The number of fused-ring (bicyclic) bond motifs is 3. The van der Waals surface area contributed by atoms with Gasteiger partial charge >= 0.3 is 0 Å². The lowest BCUT2D eigenvalue weighted by Crippen LogP contribution is -2.39. The van der Waals surface area contributed by atoms with Crippen LogP contribution in [0.3, 0.4) is 0 Å². The number of benzene rings is 2. The second kappa shape index (κ2) is 5.68. The minimum atomic E-state index is -1.75. The second-order valence-electron chi connectivity index (χ2n) is 7.86. The number of hydrogen-bond donors (Lipinski definition) is 0. The second-order valence-corrected chi connectivity index (χ2v) is 12.6. The summed E-state index contributed by atoms with van der Waals surface area (Å²) in [7, 11) is -1.75. The van der Waals surface area contributed by atoms with Crippen molar-refractivity contribution in [2.24, 2.45) is 0 Å². The monoisotopic (exact) mass is 322 g/mol. The zero-order chi connectivity index (χ0) is 16.7. The Balaban J connectivity index is 1.91. The van der Waals surface area contributed by atoms with Crippen LogP contribution in [0.4, 0.5) is 0 Å². The standard InChI is InChI=1S/C21H26OSi/c1-21(2,3)23(4,5)22-15-14-20-18-12-8-6-10-16(18)17-11-7-9-13-19(17)20/h6-15,20H,1-5H3. The van der Waals surface area contributed by atoms with Crippen LogP contribution in [-0.2, 0) is 4.43 Å². The van der Waals surface area contributed by atoms with E-state index < -0.39 is 8.32 Å². The Morgan fingerprint density at radius 2 is 1.35 bits per heavy atom. The highest BCUT2D eigenvalue weighted by Gasteiger charge is 2.38. The van der Waals surface area contributed by atoms with E-state index in [-0.39, 0.29) is 5.04 Å². The van der Waals surface area contributed by atoms with E-state index in [1.165, 1.54) is 22.3 Å². The fraction of sp³-hybridized carbons (Fsp3) is 0.333. The molecule has 0 radical (unpaired) electrons. The van der Waals surface area contributed by atoms with Gasteiger partial charge in [0.1, 0.15) is 0 Å². The van der Waals surface area contributed by atoms with Crippen LogP contribution in [0.15, 0.2) is 60.9 Å². The quantitative estimate of drug-likeness (QED) is 0.473. The lowest BCUT2D eigenvalue weighted by atomic mass is 9.97. The maximum atomic E-state index is 6.24. The highest BCUT2D eigenvalue weighted by atomic mass is 28.4. The van der Waals surface area contributed by atoms with Crippen molar-refractivity contribution in [3.8, 4) is 11.1 Å². The van der Waals surface area contributed by atoms with Gasteiger partial charge in [-0.2, -0.15) is 0 Å². The molecule has 23 heavy (non-hydrogen) atoms. The number of allylic oxidation sites excluding steroid dienone is 1. The van der Waals surface area contributed by atoms with E-state index in [0.717, 1.165) is 0 Å². The van der Waals surface area contributed by atoms with E-state index >= 15 is 0 Å². The predicted molar refractivity (Wildman–Crippen MR) is 101 cm³/mol. The van der Waals surface area contributed by atoms with Crippen molar-refractivity contribution in [3.63, 3.8) is 0 Å². The van der Waals surface area contributed by atoms with E-state index in [4.69, 9.17) is 4.43 Å². The van der Waals surface area contributed by atoms with Crippen LogP contribution < -0.4 is 0 Å². The SMILES string of the molecule is CC(C)(C)[Si](C)(C)OC=CC1c2ccccc2-c2ccccc21. The molecule has 1 nitrogen and oxygen atoms in total. The molecule has 2 aromatic rings. The summed E-state index contributed by atoms with van der Waals surface area (Å²) in [6.45, 7) is 11.4. The van der Waals surface area contributed by atoms with Crippen LogP contribution in [0, 0.1) is 0 Å². The summed E-state index contributed by atoms with van der Waals surface area (Å²) in [6, 6.07) is 17.4. The molecule has 120 valence electrons. The average molecular weight is 323 g/mol. The Hall–Kier alpha value is -1.80. The highest BCUT2D eigenvalue weighted by molar-refractivity contribution is 6.74. The third kappa shape index (κ3) is 2.88. The summed E-state index contributed by atoms with van der Waals surface area (Å²) in [5.74, 6) is 0.298. The van der Waals surface area contributed by atoms with Crippen molar-refractivity contribution in [3.05, 3.63) is 72.0 Å². The maximum Gasteiger partial charge on any atom is 0.249 e. The lowest BCUT2D eigenvalue weighted by molar-refractivity contribution is 0.428. The molecule has 0 bridgehead atoms. The molecule has 0 saturated heterocycles. The minimum absolute atomic E-state index is 0.225. The molecule has 0 amide bonds. The molecule has 0 unspecified atom stereocenters. The van der Waals surface area contributed by atoms with Gasteiger partial charge in [-0.1, -0.05) is 69.3 Å². The number of hydrogen-bond acceptors (Lipinski definition) is 1. The number of rotatable bonds is 3. The zero-order valence-corrected chi connectivity index (χ0v) is 15.8. The van der Waals surface area contributed by atoms with Crippen molar-refractivity contribution in [1.82, 2.24) is 0 Å². The molecule has 2 aromatic carbocycles. The van der Waals surface area contributed by atoms with Crippen LogP contribution in [0.2, 0.25) is 18.1 Å². The Labute approximate surface area is 141 Å². The van der Waals surface area contributed by atoms with Crippen molar-refractivity contribution < 1.29 is 4.43 Å². The molecule has 0 aliphatic heterocycles. The van der Waals surface area contributed by atoms with Crippen LogP contribution in [-0.4, -0.2) is 8.32 Å². The first-order valence-corrected chi connectivity index (χ1v) is 11.2. The molecule has 3 rings (SSSR count). The van der Waals surface area contributed by atoms with Gasteiger partial charge in [0, 0.05) is 5.92 Å². The van der Waals surface area contributed by atoms with Gasteiger partial charge in [0.15, 0.2) is 0 Å². The molecule has 1 aliphatic carbocycles. The lowest BCUT2D eigenvalue weighted by Gasteiger charge is -2.35. The van der Waals surface area contributed by atoms with Crippen molar-refractivity contribution >= 4 is 8.32 Å². The fourth-order valence-electron chi connectivity index (χ4n) is 2.87. The van der Waals surface area contributed by atoms with Crippen molar-refractivity contribution in [2.75, 3.05) is 0 Å². The zero-order valence-electron chi connectivity index (χ0n) is 14.8. The van der Waals surface area contributed by atoms with Gasteiger partial charge in [-0.15, -0.1) is 0 Å². The molecule has 0 spiro atoms. The Kier molecular flexibility index (Phi) is 3.97. The molecular formula is C21H26OSi. The molecule has 0 saturated carbocycles.